The Balaban J connectivity index is 2.03. The number of nitro groups is 1. The molecule has 1 aromatic heterocycles. The summed E-state index contributed by atoms with van der Waals surface area (Å²) >= 11 is 6.39. The second-order valence-electron chi connectivity index (χ2n) is 8.13. The Morgan fingerprint density at radius 3 is 2.40 bits per heavy atom. The van der Waals surface area contributed by atoms with Crippen LogP contribution < -0.4 is 4.72 Å². The van der Waals surface area contributed by atoms with Crippen molar-refractivity contribution in [3.8, 4) is 0 Å². The molecule has 1 aliphatic rings. The van der Waals surface area contributed by atoms with Gasteiger partial charge < -0.3 is 4.74 Å². The molecule has 1 fully saturated rings. The van der Waals surface area contributed by atoms with Crippen LogP contribution in [0.4, 0.5) is 5.69 Å². The molecule has 0 radical (unpaired) electrons. The normalized spacial score (nSPS) is 23.8. The summed E-state index contributed by atoms with van der Waals surface area (Å²) in [6.07, 6.45) is 0. The number of halogens is 1. The van der Waals surface area contributed by atoms with Gasteiger partial charge in [-0.05, 0) is 32.3 Å². The minimum atomic E-state index is -4.29. The molecule has 1 N–H and O–H groups in total. The van der Waals surface area contributed by atoms with Crippen molar-refractivity contribution in [2.45, 2.75) is 49.0 Å². The van der Waals surface area contributed by atoms with E-state index in [2.05, 4.69) is 4.72 Å². The summed E-state index contributed by atoms with van der Waals surface area (Å²) in [5, 5.41) is 11.1. The number of nitrogens with one attached hydrogen (secondary N) is 1. The van der Waals surface area contributed by atoms with Gasteiger partial charge in [-0.3, -0.25) is 10.1 Å². The fraction of sp³-hybridized carbons (Fsp3) is 0.421. The van der Waals surface area contributed by atoms with E-state index in [-0.39, 0.29) is 8.55 Å². The average molecular weight is 473 g/mol. The third-order valence-corrected chi connectivity index (χ3v) is 8.20. The summed E-state index contributed by atoms with van der Waals surface area (Å²) < 4.78 is 33.6. The number of rotatable bonds is 6. The zero-order valence-corrected chi connectivity index (χ0v) is 19.1. The van der Waals surface area contributed by atoms with Gasteiger partial charge >= 0.3 is 5.97 Å². The zero-order valence-electron chi connectivity index (χ0n) is 16.7. The first kappa shape index (κ1) is 22.7. The van der Waals surface area contributed by atoms with E-state index in [1.807, 2.05) is 18.2 Å². The number of thiophene rings is 1. The quantitative estimate of drug-likeness (QED) is 0.384. The van der Waals surface area contributed by atoms with E-state index in [9.17, 15) is 23.3 Å². The summed E-state index contributed by atoms with van der Waals surface area (Å²) in [6.45, 7) is 6.84. The Morgan fingerprint density at radius 2 is 1.90 bits per heavy atom. The second-order valence-corrected chi connectivity index (χ2v) is 11.7. The standard InChI is InChI=1S/C19H21ClN2O6S2/c1-11-15(12-8-6-5-7-9-12)19(11,17(23)28-18(2,3)4)21-30(26,27)14-10-13(22(24)25)16(20)29-14/h5-11,15,21H,1-4H3/t11-,15-,19+/m1/s1. The first-order chi connectivity index (χ1) is 13.8. The molecule has 8 nitrogen and oxygen atoms in total. The highest BCUT2D eigenvalue weighted by Crippen LogP contribution is 2.59. The summed E-state index contributed by atoms with van der Waals surface area (Å²) in [5.74, 6) is -1.54. The Morgan fingerprint density at radius 1 is 1.30 bits per heavy atom. The van der Waals surface area contributed by atoms with Crippen LogP contribution in [-0.2, 0) is 19.6 Å². The lowest BCUT2D eigenvalue weighted by Gasteiger charge is -2.25. The average Bonchev–Trinajstić information content (AvgIpc) is 2.99. The van der Waals surface area contributed by atoms with Crippen LogP contribution in [0.2, 0.25) is 4.34 Å². The van der Waals surface area contributed by atoms with E-state index >= 15 is 0 Å². The number of benzene rings is 1. The molecular weight excluding hydrogens is 452 g/mol. The number of hydrogen-bond acceptors (Lipinski definition) is 7. The Labute approximate surface area is 183 Å². The van der Waals surface area contributed by atoms with Crippen LogP contribution in [0.5, 0.6) is 0 Å². The number of sulfonamides is 1. The fourth-order valence-electron chi connectivity index (χ4n) is 3.51. The topological polar surface area (TPSA) is 116 Å². The fourth-order valence-corrected chi connectivity index (χ4v) is 6.63. The van der Waals surface area contributed by atoms with Gasteiger partial charge in [0.05, 0.1) is 4.92 Å². The predicted octanol–water partition coefficient (Wildman–Crippen LogP) is 4.10. The van der Waals surface area contributed by atoms with Crippen molar-refractivity contribution in [3.05, 3.63) is 56.4 Å². The van der Waals surface area contributed by atoms with Gasteiger partial charge in [-0.2, -0.15) is 4.72 Å². The second kappa shape index (κ2) is 7.60. The van der Waals surface area contributed by atoms with Gasteiger partial charge in [0.1, 0.15) is 15.3 Å². The lowest BCUT2D eigenvalue weighted by Crippen LogP contribution is -2.48. The number of nitrogens with zero attached hydrogens (tertiary/aromatic N) is 1. The van der Waals surface area contributed by atoms with Gasteiger partial charge in [-0.15, -0.1) is 11.3 Å². The third-order valence-electron chi connectivity index (χ3n) is 4.91. The zero-order chi connectivity index (χ0) is 22.5. The minimum absolute atomic E-state index is 0.254. The molecule has 0 bridgehead atoms. The maximum absolute atomic E-state index is 13.1. The van der Waals surface area contributed by atoms with Crippen LogP contribution in [0, 0.1) is 16.0 Å². The van der Waals surface area contributed by atoms with Crippen LogP contribution in [0.3, 0.4) is 0 Å². The summed E-state index contributed by atoms with van der Waals surface area (Å²) in [6, 6.07) is 9.95. The van der Waals surface area contributed by atoms with Gasteiger partial charge in [0.15, 0.2) is 4.34 Å². The van der Waals surface area contributed by atoms with Crippen LogP contribution in [-0.4, -0.2) is 30.5 Å². The lowest BCUT2D eigenvalue weighted by molar-refractivity contribution is -0.384. The molecule has 3 atom stereocenters. The van der Waals surface area contributed by atoms with Gasteiger partial charge in [0.2, 0.25) is 0 Å². The molecule has 0 unspecified atom stereocenters. The Hall–Kier alpha value is -2.01. The SMILES string of the molecule is C[C@@H]1[C@H](c2ccccc2)[C@]1(NS(=O)(=O)c1cc([N+](=O)[O-])c(Cl)s1)C(=O)OC(C)(C)C. The molecule has 0 spiro atoms. The number of hydrogen-bond donors (Lipinski definition) is 1. The van der Waals surface area contributed by atoms with Crippen LogP contribution >= 0.6 is 22.9 Å². The van der Waals surface area contributed by atoms with E-state index in [0.29, 0.717) is 11.3 Å². The summed E-state index contributed by atoms with van der Waals surface area (Å²) in [5.41, 5.74) is -2.08. The first-order valence-corrected chi connectivity index (χ1v) is 11.7. The van der Waals surface area contributed by atoms with Crippen molar-refractivity contribution in [3.63, 3.8) is 0 Å². The van der Waals surface area contributed by atoms with Crippen LogP contribution in [0.1, 0.15) is 39.2 Å². The molecule has 0 aliphatic heterocycles. The highest BCUT2D eigenvalue weighted by Gasteiger charge is 2.71. The van der Waals surface area contributed by atoms with E-state index < -0.39 is 49.6 Å². The molecule has 1 saturated carbocycles. The minimum Gasteiger partial charge on any atom is -0.459 e. The number of carbonyl (C=O) groups excluding carboxylic acids is 1. The van der Waals surface area contributed by atoms with Crippen molar-refractivity contribution >= 4 is 44.6 Å². The van der Waals surface area contributed by atoms with Crippen molar-refractivity contribution < 1.29 is 22.9 Å². The molecule has 162 valence electrons. The molecule has 0 saturated heterocycles. The first-order valence-electron chi connectivity index (χ1n) is 9.05. The van der Waals surface area contributed by atoms with Gasteiger partial charge in [0.25, 0.3) is 15.7 Å². The molecule has 30 heavy (non-hydrogen) atoms. The Kier molecular flexibility index (Phi) is 5.74. The molecule has 2 aromatic rings. The molecule has 1 heterocycles. The highest BCUT2D eigenvalue weighted by molar-refractivity contribution is 7.91. The van der Waals surface area contributed by atoms with Gasteiger partial charge in [-0.1, -0.05) is 48.9 Å². The largest absolute Gasteiger partial charge is 0.459 e. The van der Waals surface area contributed by atoms with Crippen molar-refractivity contribution in [2.24, 2.45) is 5.92 Å². The van der Waals surface area contributed by atoms with E-state index in [1.165, 1.54) is 0 Å². The maximum atomic E-state index is 13.1. The predicted molar refractivity (Wildman–Crippen MR) is 113 cm³/mol. The third kappa shape index (κ3) is 4.09. The van der Waals surface area contributed by atoms with Crippen LogP contribution in [0.25, 0.3) is 0 Å². The van der Waals surface area contributed by atoms with Crippen molar-refractivity contribution in [2.75, 3.05) is 0 Å². The van der Waals surface area contributed by atoms with Crippen molar-refractivity contribution in [1.29, 1.82) is 0 Å². The Bertz CT molecular complexity index is 1090. The monoisotopic (exact) mass is 472 g/mol. The molecule has 11 heteroatoms. The number of carbonyl (C=O) groups is 1. The van der Waals surface area contributed by atoms with E-state index in [0.717, 1.165) is 11.6 Å². The molecule has 1 aromatic carbocycles. The smallest absolute Gasteiger partial charge is 0.328 e. The highest BCUT2D eigenvalue weighted by atomic mass is 35.5. The maximum Gasteiger partial charge on any atom is 0.328 e. The summed E-state index contributed by atoms with van der Waals surface area (Å²) in [4.78, 5) is 23.4. The summed E-state index contributed by atoms with van der Waals surface area (Å²) in [7, 11) is -4.29. The molecule has 0 amide bonds. The molecule has 3 rings (SSSR count). The van der Waals surface area contributed by atoms with Gasteiger partial charge in [-0.25, -0.2) is 13.2 Å². The van der Waals surface area contributed by atoms with E-state index in [4.69, 9.17) is 16.3 Å². The number of esters is 1. The van der Waals surface area contributed by atoms with E-state index in [1.54, 1.807) is 39.8 Å². The van der Waals surface area contributed by atoms with Crippen molar-refractivity contribution in [1.82, 2.24) is 4.72 Å². The van der Waals surface area contributed by atoms with Crippen LogP contribution in [0.15, 0.2) is 40.6 Å². The number of ether oxygens (including phenoxy) is 1. The lowest BCUT2D eigenvalue weighted by atomic mass is 10.1. The molecule has 1 aliphatic carbocycles. The van der Waals surface area contributed by atoms with Gasteiger partial charge in [0, 0.05) is 12.0 Å². The molecular formula is C19H21ClN2O6S2.